The van der Waals surface area contributed by atoms with Gasteiger partial charge >= 0.3 is 5.97 Å². The first-order valence-electron chi connectivity index (χ1n) is 7.61. The van der Waals surface area contributed by atoms with E-state index in [2.05, 4.69) is 15.4 Å². The van der Waals surface area contributed by atoms with Crippen molar-refractivity contribution in [1.29, 1.82) is 0 Å². The van der Waals surface area contributed by atoms with E-state index in [0.717, 1.165) is 0 Å². The van der Waals surface area contributed by atoms with E-state index >= 15 is 0 Å². The highest BCUT2D eigenvalue weighted by atomic mass is 16.4. The molecule has 0 radical (unpaired) electrons. The molecule has 0 bridgehead atoms. The van der Waals surface area contributed by atoms with E-state index in [1.807, 2.05) is 13.8 Å². The van der Waals surface area contributed by atoms with Crippen LogP contribution in [0.25, 0.3) is 11.0 Å². The number of aliphatic carboxylic acids is 1. The van der Waals surface area contributed by atoms with Crippen LogP contribution in [-0.4, -0.2) is 37.8 Å². The van der Waals surface area contributed by atoms with Crippen molar-refractivity contribution in [2.45, 2.75) is 46.7 Å². The van der Waals surface area contributed by atoms with Gasteiger partial charge in [0.15, 0.2) is 5.65 Å². The number of hydrogen-bond donors (Lipinski definition) is 2. The van der Waals surface area contributed by atoms with Gasteiger partial charge in [0.2, 0.25) is 0 Å². The second kappa shape index (κ2) is 6.36. The third kappa shape index (κ3) is 3.33. The van der Waals surface area contributed by atoms with E-state index in [4.69, 9.17) is 0 Å². The van der Waals surface area contributed by atoms with Crippen molar-refractivity contribution in [3.8, 4) is 0 Å². The maximum absolute atomic E-state index is 12.6. The van der Waals surface area contributed by atoms with Crippen LogP contribution in [0.3, 0.4) is 0 Å². The molecular weight excluding hydrogens is 296 g/mol. The predicted octanol–water partition coefficient (Wildman–Crippen LogP) is 2.16. The zero-order valence-corrected chi connectivity index (χ0v) is 14.0. The summed E-state index contributed by atoms with van der Waals surface area (Å²) in [7, 11) is 0. The number of rotatable bonds is 5. The molecule has 7 nitrogen and oxygen atoms in total. The monoisotopic (exact) mass is 318 g/mol. The molecule has 0 aliphatic carbocycles. The van der Waals surface area contributed by atoms with Crippen LogP contribution in [0.2, 0.25) is 0 Å². The minimum atomic E-state index is -1.05. The highest BCUT2D eigenvalue weighted by molar-refractivity contribution is 6.06. The summed E-state index contributed by atoms with van der Waals surface area (Å²) < 4.78 is 1.75. The van der Waals surface area contributed by atoms with Gasteiger partial charge in [0.1, 0.15) is 6.04 Å². The summed E-state index contributed by atoms with van der Waals surface area (Å²) in [5, 5.41) is 16.7. The summed E-state index contributed by atoms with van der Waals surface area (Å²) in [6.07, 6.45) is 1.60. The molecule has 2 rings (SSSR count). The largest absolute Gasteiger partial charge is 0.480 e. The van der Waals surface area contributed by atoms with Gasteiger partial charge in [-0.2, -0.15) is 5.10 Å². The molecule has 124 valence electrons. The Balaban J connectivity index is 2.47. The minimum absolute atomic E-state index is 0.111. The zero-order chi connectivity index (χ0) is 17.3. The highest BCUT2D eigenvalue weighted by Crippen LogP contribution is 2.21. The van der Waals surface area contributed by atoms with E-state index in [9.17, 15) is 14.7 Å². The number of carbonyl (C=O) groups is 2. The normalized spacial score (nSPS) is 12.8. The predicted molar refractivity (Wildman–Crippen MR) is 86.4 cm³/mol. The first-order valence-corrected chi connectivity index (χ1v) is 7.61. The number of nitrogens with one attached hydrogen (secondary N) is 1. The van der Waals surface area contributed by atoms with Crippen LogP contribution in [0.5, 0.6) is 0 Å². The number of carboxylic acids is 1. The maximum Gasteiger partial charge on any atom is 0.326 e. The van der Waals surface area contributed by atoms with E-state index in [0.29, 0.717) is 22.3 Å². The molecule has 23 heavy (non-hydrogen) atoms. The van der Waals surface area contributed by atoms with Gasteiger partial charge < -0.3 is 10.4 Å². The Morgan fingerprint density at radius 2 is 1.91 bits per heavy atom. The smallest absolute Gasteiger partial charge is 0.326 e. The highest BCUT2D eigenvalue weighted by Gasteiger charge is 2.25. The molecule has 0 spiro atoms. The minimum Gasteiger partial charge on any atom is -0.480 e. The topological polar surface area (TPSA) is 97.1 Å². The van der Waals surface area contributed by atoms with Gasteiger partial charge in [0.05, 0.1) is 17.1 Å². The Morgan fingerprint density at radius 1 is 1.26 bits per heavy atom. The van der Waals surface area contributed by atoms with Crippen molar-refractivity contribution in [2.75, 3.05) is 0 Å². The number of carbonyl (C=O) groups excluding carboxylic acids is 1. The van der Waals surface area contributed by atoms with Gasteiger partial charge in [-0.15, -0.1) is 0 Å². The molecule has 2 aromatic rings. The second-order valence-electron chi connectivity index (χ2n) is 6.26. The fourth-order valence-corrected chi connectivity index (χ4v) is 2.44. The van der Waals surface area contributed by atoms with Crippen molar-refractivity contribution in [2.24, 2.45) is 5.92 Å². The van der Waals surface area contributed by atoms with Gasteiger partial charge in [-0.3, -0.25) is 4.79 Å². The zero-order valence-electron chi connectivity index (χ0n) is 14.0. The Labute approximate surface area is 134 Å². The molecule has 2 N–H and O–H groups in total. The Morgan fingerprint density at radius 3 is 2.43 bits per heavy atom. The SMILES string of the molecule is Cc1cc(C(=O)N[C@H](C(=O)O)C(C)C)c2cnn(C(C)C)c2n1. The lowest BCUT2D eigenvalue weighted by Crippen LogP contribution is -2.44. The summed E-state index contributed by atoms with van der Waals surface area (Å²) in [5.41, 5.74) is 1.70. The maximum atomic E-state index is 12.6. The van der Waals surface area contributed by atoms with Crippen molar-refractivity contribution in [3.05, 3.63) is 23.5 Å². The van der Waals surface area contributed by atoms with Crippen LogP contribution in [0, 0.1) is 12.8 Å². The summed E-state index contributed by atoms with van der Waals surface area (Å²) in [4.78, 5) is 28.3. The van der Waals surface area contributed by atoms with E-state index < -0.39 is 17.9 Å². The van der Waals surface area contributed by atoms with Crippen LogP contribution < -0.4 is 5.32 Å². The molecule has 2 aromatic heterocycles. The number of amides is 1. The number of aryl methyl sites for hydroxylation is 1. The fraction of sp³-hybridized carbons (Fsp3) is 0.500. The molecule has 7 heteroatoms. The first-order chi connectivity index (χ1) is 10.7. The Bertz CT molecular complexity index is 749. The van der Waals surface area contributed by atoms with Crippen molar-refractivity contribution in [3.63, 3.8) is 0 Å². The summed E-state index contributed by atoms with van der Waals surface area (Å²) >= 11 is 0. The van der Waals surface area contributed by atoms with Gasteiger partial charge in [0, 0.05) is 11.7 Å². The third-order valence-corrected chi connectivity index (χ3v) is 3.65. The van der Waals surface area contributed by atoms with E-state index in [1.54, 1.807) is 37.7 Å². The van der Waals surface area contributed by atoms with Crippen LogP contribution >= 0.6 is 0 Å². The lowest BCUT2D eigenvalue weighted by Gasteiger charge is -2.18. The molecule has 2 heterocycles. The standard InChI is InChI=1S/C16H22N4O3/c1-8(2)13(16(22)23)19-15(21)11-6-10(5)18-14-12(11)7-17-20(14)9(3)4/h6-9,13H,1-5H3,(H,19,21)(H,22,23)/t13-/m0/s1. The van der Waals surface area contributed by atoms with E-state index in [1.165, 1.54) is 0 Å². The lowest BCUT2D eigenvalue weighted by atomic mass is 10.0. The molecule has 0 unspecified atom stereocenters. The lowest BCUT2D eigenvalue weighted by molar-refractivity contribution is -0.140. The van der Waals surface area contributed by atoms with Crippen LogP contribution in [0.15, 0.2) is 12.3 Å². The average molecular weight is 318 g/mol. The third-order valence-electron chi connectivity index (χ3n) is 3.65. The first kappa shape index (κ1) is 16.9. The summed E-state index contributed by atoms with van der Waals surface area (Å²) in [6, 6.07) is 0.829. The van der Waals surface area contributed by atoms with Crippen LogP contribution in [0.4, 0.5) is 0 Å². The van der Waals surface area contributed by atoms with Crippen molar-refractivity contribution in [1.82, 2.24) is 20.1 Å². The summed E-state index contributed by atoms with van der Waals surface area (Å²) in [5.74, 6) is -1.69. The fourth-order valence-electron chi connectivity index (χ4n) is 2.44. The second-order valence-corrected chi connectivity index (χ2v) is 6.26. The number of aromatic nitrogens is 3. The van der Waals surface area contributed by atoms with E-state index in [-0.39, 0.29) is 12.0 Å². The molecule has 0 saturated carbocycles. The number of carboxylic acid groups (broad SMARTS) is 1. The van der Waals surface area contributed by atoms with Gasteiger partial charge in [-0.25, -0.2) is 14.5 Å². The molecule has 0 saturated heterocycles. The van der Waals surface area contributed by atoms with Gasteiger partial charge in [-0.05, 0) is 32.8 Å². The Hall–Kier alpha value is -2.44. The van der Waals surface area contributed by atoms with Gasteiger partial charge in [-0.1, -0.05) is 13.8 Å². The number of hydrogen-bond acceptors (Lipinski definition) is 4. The van der Waals surface area contributed by atoms with Gasteiger partial charge in [0.25, 0.3) is 5.91 Å². The quantitative estimate of drug-likeness (QED) is 0.880. The van der Waals surface area contributed by atoms with Crippen LogP contribution in [-0.2, 0) is 4.79 Å². The molecule has 1 amide bonds. The number of fused-ring (bicyclic) bond motifs is 1. The Kier molecular flexibility index (Phi) is 4.68. The number of pyridine rings is 1. The number of nitrogens with zero attached hydrogens (tertiary/aromatic N) is 3. The molecule has 0 aliphatic heterocycles. The molecule has 1 atom stereocenters. The molecular formula is C16H22N4O3. The summed E-state index contributed by atoms with van der Waals surface area (Å²) in [6.45, 7) is 9.27. The molecule has 0 fully saturated rings. The average Bonchev–Trinajstić information content (AvgIpc) is 2.86. The van der Waals surface area contributed by atoms with Crippen molar-refractivity contribution >= 4 is 22.9 Å². The molecule has 0 aliphatic rings. The molecule has 0 aromatic carbocycles. The van der Waals surface area contributed by atoms with Crippen LogP contribution in [0.1, 0.15) is 49.8 Å². The van der Waals surface area contributed by atoms with Crippen molar-refractivity contribution < 1.29 is 14.7 Å².